The molecule has 0 radical (unpaired) electrons. The summed E-state index contributed by atoms with van der Waals surface area (Å²) in [6.07, 6.45) is 3.03. The summed E-state index contributed by atoms with van der Waals surface area (Å²) in [4.78, 5) is 4.04. The largest absolute Gasteiger partial charge is 0.486 e. The van der Waals surface area contributed by atoms with Crippen molar-refractivity contribution in [3.05, 3.63) is 41.1 Å². The summed E-state index contributed by atoms with van der Waals surface area (Å²) in [5, 5.41) is 3.84. The number of rotatable bonds is 4. The van der Waals surface area contributed by atoms with Gasteiger partial charge in [0, 0.05) is 13.1 Å². The quantitative estimate of drug-likeness (QED) is 0.932. The van der Waals surface area contributed by atoms with Crippen molar-refractivity contribution in [1.82, 2.24) is 10.3 Å². The van der Waals surface area contributed by atoms with E-state index in [4.69, 9.17) is 25.5 Å². The number of halogens is 1. The van der Waals surface area contributed by atoms with Gasteiger partial charge in [0.15, 0.2) is 17.9 Å². The Morgan fingerprint density at radius 1 is 1.21 bits per heavy atom. The molecule has 0 aliphatic carbocycles. The highest BCUT2D eigenvalue weighted by Crippen LogP contribution is 2.38. The number of benzene rings is 1. The molecular weight excluding hydrogens is 268 g/mol. The minimum Gasteiger partial charge on any atom is -0.486 e. The van der Waals surface area contributed by atoms with E-state index in [9.17, 15) is 0 Å². The van der Waals surface area contributed by atoms with Crippen molar-refractivity contribution in [2.45, 2.75) is 13.1 Å². The Balaban J connectivity index is 1.66. The third kappa shape index (κ3) is 2.83. The molecule has 1 aliphatic rings. The molecule has 0 bridgehead atoms. The van der Waals surface area contributed by atoms with Crippen LogP contribution in [-0.2, 0) is 13.1 Å². The van der Waals surface area contributed by atoms with E-state index in [1.165, 1.54) is 6.39 Å². The van der Waals surface area contributed by atoms with E-state index in [0.717, 1.165) is 11.3 Å². The third-order valence-corrected chi connectivity index (χ3v) is 3.06. The van der Waals surface area contributed by atoms with Gasteiger partial charge in [-0.15, -0.1) is 0 Å². The van der Waals surface area contributed by atoms with Gasteiger partial charge in [0.05, 0.1) is 10.7 Å². The van der Waals surface area contributed by atoms with E-state index in [-0.39, 0.29) is 0 Å². The zero-order valence-electron chi connectivity index (χ0n) is 10.2. The van der Waals surface area contributed by atoms with Gasteiger partial charge in [-0.3, -0.25) is 0 Å². The third-order valence-electron chi connectivity index (χ3n) is 2.78. The molecule has 6 heteroatoms. The first-order chi connectivity index (χ1) is 9.33. The second-order valence-electron chi connectivity index (χ2n) is 4.19. The molecule has 1 N–H and O–H groups in total. The van der Waals surface area contributed by atoms with Gasteiger partial charge in [-0.2, -0.15) is 0 Å². The number of oxazole rings is 1. The van der Waals surface area contributed by atoms with Crippen LogP contribution in [0.1, 0.15) is 11.3 Å². The van der Waals surface area contributed by atoms with Crippen LogP contribution >= 0.6 is 11.6 Å². The molecule has 2 heterocycles. The Labute approximate surface area is 115 Å². The van der Waals surface area contributed by atoms with Crippen LogP contribution in [-0.4, -0.2) is 18.2 Å². The van der Waals surface area contributed by atoms with Crippen molar-refractivity contribution in [1.29, 1.82) is 0 Å². The van der Waals surface area contributed by atoms with Gasteiger partial charge in [0.25, 0.3) is 0 Å². The molecule has 3 rings (SSSR count). The van der Waals surface area contributed by atoms with Crippen LogP contribution in [0.5, 0.6) is 11.5 Å². The fraction of sp³-hybridized carbons (Fsp3) is 0.308. The molecule has 2 aromatic rings. The number of aromatic nitrogens is 1. The zero-order chi connectivity index (χ0) is 13.1. The average Bonchev–Trinajstić information content (AvgIpc) is 2.92. The number of fused-ring (bicyclic) bond motifs is 1. The van der Waals surface area contributed by atoms with Gasteiger partial charge in [0.2, 0.25) is 0 Å². The molecule has 0 amide bonds. The fourth-order valence-electron chi connectivity index (χ4n) is 1.93. The second-order valence-corrected chi connectivity index (χ2v) is 4.59. The van der Waals surface area contributed by atoms with Gasteiger partial charge < -0.3 is 19.2 Å². The molecule has 0 saturated heterocycles. The summed E-state index contributed by atoms with van der Waals surface area (Å²) in [6.45, 7) is 2.40. The maximum Gasteiger partial charge on any atom is 0.180 e. The zero-order valence-corrected chi connectivity index (χ0v) is 10.9. The summed E-state index contributed by atoms with van der Waals surface area (Å²) >= 11 is 6.17. The molecule has 0 spiro atoms. The van der Waals surface area contributed by atoms with Crippen LogP contribution in [0.3, 0.4) is 0 Å². The van der Waals surface area contributed by atoms with Gasteiger partial charge in [-0.25, -0.2) is 4.98 Å². The van der Waals surface area contributed by atoms with E-state index in [2.05, 4.69) is 10.3 Å². The Kier molecular flexibility index (Phi) is 3.57. The first kappa shape index (κ1) is 12.3. The van der Waals surface area contributed by atoms with Gasteiger partial charge in [-0.05, 0) is 17.7 Å². The SMILES string of the molecule is Clc1cc(CNCc2cocn2)cc2c1OCCO2. The molecule has 19 heavy (non-hydrogen) atoms. The minimum absolute atomic E-state index is 0.538. The minimum atomic E-state index is 0.538. The van der Waals surface area contributed by atoms with Crippen molar-refractivity contribution in [3.8, 4) is 11.5 Å². The van der Waals surface area contributed by atoms with E-state index in [1.807, 2.05) is 12.1 Å². The number of hydrogen-bond acceptors (Lipinski definition) is 5. The van der Waals surface area contributed by atoms with Crippen molar-refractivity contribution in [3.63, 3.8) is 0 Å². The predicted octanol–water partition coefficient (Wildman–Crippen LogP) is 2.39. The van der Waals surface area contributed by atoms with Crippen LogP contribution in [0, 0.1) is 0 Å². The van der Waals surface area contributed by atoms with E-state index in [0.29, 0.717) is 42.8 Å². The first-order valence-corrected chi connectivity index (χ1v) is 6.36. The maximum absolute atomic E-state index is 6.17. The monoisotopic (exact) mass is 280 g/mol. The van der Waals surface area contributed by atoms with E-state index in [1.54, 1.807) is 6.26 Å². The van der Waals surface area contributed by atoms with Gasteiger partial charge in [-0.1, -0.05) is 11.6 Å². The smallest absolute Gasteiger partial charge is 0.180 e. The van der Waals surface area contributed by atoms with Crippen molar-refractivity contribution < 1.29 is 13.9 Å². The summed E-state index contributed by atoms with van der Waals surface area (Å²) in [5.41, 5.74) is 1.90. The summed E-state index contributed by atoms with van der Waals surface area (Å²) in [5.74, 6) is 1.34. The lowest BCUT2D eigenvalue weighted by molar-refractivity contribution is 0.171. The van der Waals surface area contributed by atoms with E-state index < -0.39 is 0 Å². The lowest BCUT2D eigenvalue weighted by Crippen LogP contribution is -2.17. The lowest BCUT2D eigenvalue weighted by Gasteiger charge is -2.20. The topological polar surface area (TPSA) is 56.5 Å². The standard InChI is InChI=1S/C13H13ClN2O3/c14-11-3-9(4-12-13(11)19-2-1-18-12)5-15-6-10-7-17-8-16-10/h3-4,7-8,15H,1-2,5-6H2. The van der Waals surface area contributed by atoms with E-state index >= 15 is 0 Å². The molecule has 0 saturated carbocycles. The summed E-state index contributed by atoms with van der Waals surface area (Å²) in [6, 6.07) is 3.82. The van der Waals surface area contributed by atoms with Crippen LogP contribution in [0.2, 0.25) is 5.02 Å². The summed E-state index contributed by atoms with van der Waals surface area (Å²) in [7, 11) is 0. The Morgan fingerprint density at radius 3 is 2.95 bits per heavy atom. The fourth-order valence-corrected chi connectivity index (χ4v) is 2.21. The van der Waals surface area contributed by atoms with Crippen molar-refractivity contribution in [2.75, 3.05) is 13.2 Å². The van der Waals surface area contributed by atoms with Crippen LogP contribution in [0.4, 0.5) is 0 Å². The molecule has 1 aromatic carbocycles. The number of nitrogens with one attached hydrogen (secondary N) is 1. The highest BCUT2D eigenvalue weighted by Gasteiger charge is 2.16. The highest BCUT2D eigenvalue weighted by atomic mass is 35.5. The highest BCUT2D eigenvalue weighted by molar-refractivity contribution is 6.32. The maximum atomic E-state index is 6.17. The first-order valence-electron chi connectivity index (χ1n) is 5.99. The van der Waals surface area contributed by atoms with Crippen LogP contribution in [0.25, 0.3) is 0 Å². The molecule has 0 atom stereocenters. The van der Waals surface area contributed by atoms with Gasteiger partial charge >= 0.3 is 0 Å². The molecular formula is C13H13ClN2O3. The molecule has 5 nitrogen and oxygen atoms in total. The Hall–Kier alpha value is -1.72. The van der Waals surface area contributed by atoms with Crippen LogP contribution in [0.15, 0.2) is 29.2 Å². The Bertz CT molecular complexity index is 557. The molecule has 1 aromatic heterocycles. The molecule has 0 fully saturated rings. The average molecular weight is 281 g/mol. The number of nitrogens with zero attached hydrogens (tertiary/aromatic N) is 1. The van der Waals surface area contributed by atoms with Crippen molar-refractivity contribution in [2.24, 2.45) is 0 Å². The number of hydrogen-bond donors (Lipinski definition) is 1. The summed E-state index contributed by atoms with van der Waals surface area (Å²) < 4.78 is 15.9. The van der Waals surface area contributed by atoms with Gasteiger partial charge in [0.1, 0.15) is 19.5 Å². The van der Waals surface area contributed by atoms with Crippen LogP contribution < -0.4 is 14.8 Å². The number of ether oxygens (including phenoxy) is 2. The molecule has 1 aliphatic heterocycles. The second kappa shape index (κ2) is 5.50. The molecule has 0 unspecified atom stereocenters. The lowest BCUT2D eigenvalue weighted by atomic mass is 10.2. The van der Waals surface area contributed by atoms with Crippen molar-refractivity contribution >= 4 is 11.6 Å². The molecule has 100 valence electrons. The Morgan fingerprint density at radius 2 is 2.11 bits per heavy atom. The normalized spacial score (nSPS) is 13.5. The predicted molar refractivity (Wildman–Crippen MR) is 69.5 cm³/mol.